The minimum atomic E-state index is -0.452. The predicted molar refractivity (Wildman–Crippen MR) is 185 cm³/mol. The minimum absolute atomic E-state index is 0.125. The van der Waals surface area contributed by atoms with Crippen molar-refractivity contribution in [3.05, 3.63) is 29.8 Å². The van der Waals surface area contributed by atoms with Crippen LogP contribution >= 0.6 is 54.9 Å². The maximum atomic E-state index is 12.1. The highest BCUT2D eigenvalue weighted by atomic mass is 33.1. The van der Waals surface area contributed by atoms with Gasteiger partial charge in [-0.2, -0.15) is 11.1 Å². The maximum absolute atomic E-state index is 12.1. The van der Waals surface area contributed by atoms with Gasteiger partial charge in [-0.1, -0.05) is 55.2 Å². The topological polar surface area (TPSA) is 174 Å². The molecule has 2 amide bonds. The number of hydrogen-bond acceptors (Lipinski definition) is 15. The molecule has 1 fully saturated rings. The van der Waals surface area contributed by atoms with Gasteiger partial charge in [0.15, 0.2) is 0 Å². The Morgan fingerprint density at radius 2 is 2.00 bits per heavy atom. The Balaban J connectivity index is 1.63. The quantitative estimate of drug-likeness (QED) is 0.0321. The number of thioether (sulfide) groups is 1. The van der Waals surface area contributed by atoms with E-state index in [1.807, 2.05) is 17.9 Å². The first-order valence-corrected chi connectivity index (χ1v) is 20.0. The van der Waals surface area contributed by atoms with Gasteiger partial charge < -0.3 is 45.2 Å². The summed E-state index contributed by atoms with van der Waals surface area (Å²) in [6.07, 6.45) is 3.04. The molecule has 1 aromatic rings. The average Bonchev–Trinajstić information content (AvgIpc) is 3.04. The van der Waals surface area contributed by atoms with Crippen LogP contribution in [0.2, 0.25) is 0 Å². The van der Waals surface area contributed by atoms with E-state index in [2.05, 4.69) is 22.4 Å². The van der Waals surface area contributed by atoms with E-state index in [4.69, 9.17) is 34.7 Å². The van der Waals surface area contributed by atoms with Crippen molar-refractivity contribution in [1.29, 1.82) is 5.26 Å². The summed E-state index contributed by atoms with van der Waals surface area (Å²) in [5.41, 5.74) is 5.40. The summed E-state index contributed by atoms with van der Waals surface area (Å²) in [5, 5.41) is 25.8. The van der Waals surface area contributed by atoms with Gasteiger partial charge in [-0.3, -0.25) is 9.59 Å². The molecule has 0 aromatic heterocycles. The summed E-state index contributed by atoms with van der Waals surface area (Å²) in [7, 11) is 7.71. The van der Waals surface area contributed by atoms with E-state index in [1.54, 1.807) is 31.5 Å². The van der Waals surface area contributed by atoms with E-state index in [0.29, 0.717) is 30.2 Å². The van der Waals surface area contributed by atoms with E-state index in [0.717, 1.165) is 11.8 Å². The standard InChI is InChI=1S/C27H38BN4O8S5/c1-41-44-23(16-38-20-6-3-5-19(13-20)27(35)32-10-8-29)37-12-11-36-15-22(34)31-9-4-7-28-26-25(21(14-33)39-26)40-24(45-42-2)17-43-18-30/h3,5-6,13,21,23-26,33H,8-12,14-17,29H2,1-2H3,(H,31,34)(H,32,35)/t21?,23?,24-,25?,26?/m0/s1. The van der Waals surface area contributed by atoms with Gasteiger partial charge in [0.2, 0.25) is 5.91 Å². The third-order valence-electron chi connectivity index (χ3n) is 5.60. The summed E-state index contributed by atoms with van der Waals surface area (Å²) in [4.78, 5) is 24.2. The SMILES string of the molecule is CSSC(COc1cccc(C(=O)NCCN)c1)OCCOCC(=O)NCC#C[B]C1OC(CO)C1O[C@H](CSC#N)SSC. The predicted octanol–water partition coefficient (Wildman–Crippen LogP) is 1.56. The first-order chi connectivity index (χ1) is 21.9. The molecular weight excluding hydrogens is 679 g/mol. The number of amides is 2. The monoisotopic (exact) mass is 717 g/mol. The number of carbonyl (C=O) groups is 2. The number of nitrogens with two attached hydrogens (primary N) is 1. The van der Waals surface area contributed by atoms with Crippen molar-refractivity contribution in [3.8, 4) is 22.9 Å². The van der Waals surface area contributed by atoms with Crippen molar-refractivity contribution < 1.29 is 38.4 Å². The molecule has 1 heterocycles. The zero-order valence-corrected chi connectivity index (χ0v) is 29.1. The molecule has 2 rings (SSSR count). The summed E-state index contributed by atoms with van der Waals surface area (Å²) < 4.78 is 28.8. The van der Waals surface area contributed by atoms with Crippen molar-refractivity contribution in [1.82, 2.24) is 10.6 Å². The molecule has 4 unspecified atom stereocenters. The molecule has 0 spiro atoms. The molecule has 247 valence electrons. The average molecular weight is 718 g/mol. The number of rotatable bonds is 23. The van der Waals surface area contributed by atoms with Gasteiger partial charge in [-0.05, 0) is 42.5 Å². The van der Waals surface area contributed by atoms with E-state index >= 15 is 0 Å². The van der Waals surface area contributed by atoms with Gasteiger partial charge in [0.1, 0.15) is 47.4 Å². The normalized spacial score (nSPS) is 18.3. The zero-order valence-electron chi connectivity index (χ0n) is 25.0. The van der Waals surface area contributed by atoms with Crippen LogP contribution in [-0.4, -0.2) is 124 Å². The second kappa shape index (κ2) is 24.7. The molecule has 12 nitrogen and oxygen atoms in total. The number of aliphatic hydroxyl groups excluding tert-OH is 1. The van der Waals surface area contributed by atoms with Crippen LogP contribution in [0.3, 0.4) is 0 Å². The highest BCUT2D eigenvalue weighted by Gasteiger charge is 2.44. The van der Waals surface area contributed by atoms with E-state index < -0.39 is 12.1 Å². The van der Waals surface area contributed by atoms with Crippen molar-refractivity contribution in [2.75, 3.05) is 70.9 Å². The highest BCUT2D eigenvalue weighted by molar-refractivity contribution is 8.77. The Morgan fingerprint density at radius 1 is 1.20 bits per heavy atom. The lowest BCUT2D eigenvalue weighted by Gasteiger charge is -2.44. The molecular formula is C27H38BN4O8S5. The second-order valence-electron chi connectivity index (χ2n) is 8.78. The van der Waals surface area contributed by atoms with Gasteiger partial charge in [0.25, 0.3) is 13.2 Å². The van der Waals surface area contributed by atoms with Crippen LogP contribution in [0.1, 0.15) is 10.4 Å². The highest BCUT2D eigenvalue weighted by Crippen LogP contribution is 2.33. The Labute approximate surface area is 285 Å². The van der Waals surface area contributed by atoms with Crippen LogP contribution in [-0.2, 0) is 23.7 Å². The Hall–Kier alpha value is -1.42. The molecule has 45 heavy (non-hydrogen) atoms. The molecule has 5 N–H and O–H groups in total. The van der Waals surface area contributed by atoms with Crippen molar-refractivity contribution >= 4 is 74.0 Å². The fourth-order valence-electron chi connectivity index (χ4n) is 3.58. The molecule has 1 saturated heterocycles. The van der Waals surface area contributed by atoms with Gasteiger partial charge in [0, 0.05) is 24.4 Å². The van der Waals surface area contributed by atoms with Gasteiger partial charge in [-0.25, -0.2) is 0 Å². The number of nitrogens with one attached hydrogen (secondary N) is 2. The third kappa shape index (κ3) is 16.3. The van der Waals surface area contributed by atoms with Crippen molar-refractivity contribution in [3.63, 3.8) is 0 Å². The largest absolute Gasteiger partial charge is 0.490 e. The Kier molecular flexibility index (Phi) is 21.8. The smallest absolute Gasteiger partial charge is 0.255 e. The fourth-order valence-corrected chi connectivity index (χ4v) is 7.43. The number of hydrogen-bond donors (Lipinski definition) is 4. The third-order valence-corrected chi connectivity index (χ3v) is 10.2. The number of nitriles is 1. The Morgan fingerprint density at radius 3 is 2.73 bits per heavy atom. The number of ether oxygens (including phenoxy) is 5. The van der Waals surface area contributed by atoms with Crippen molar-refractivity contribution in [2.45, 2.75) is 29.1 Å². The van der Waals surface area contributed by atoms with Crippen LogP contribution in [0.25, 0.3) is 0 Å². The molecule has 1 radical (unpaired) electrons. The van der Waals surface area contributed by atoms with E-state index in [-0.39, 0.29) is 68.4 Å². The number of benzene rings is 1. The minimum Gasteiger partial charge on any atom is -0.490 e. The molecule has 5 atom stereocenters. The van der Waals surface area contributed by atoms with Crippen LogP contribution in [0, 0.1) is 22.4 Å². The van der Waals surface area contributed by atoms with Crippen molar-refractivity contribution in [2.24, 2.45) is 5.73 Å². The molecule has 1 aliphatic rings. The molecule has 0 saturated carbocycles. The molecule has 18 heteroatoms. The lowest BCUT2D eigenvalue weighted by atomic mass is 9.66. The molecule has 1 aromatic carbocycles. The van der Waals surface area contributed by atoms with Gasteiger partial charge >= 0.3 is 0 Å². The molecule has 0 aliphatic carbocycles. The number of carbonyl (C=O) groups excluding carboxylic acids is 2. The second-order valence-corrected chi connectivity index (χ2v) is 14.8. The van der Waals surface area contributed by atoms with Crippen LogP contribution in [0.4, 0.5) is 0 Å². The summed E-state index contributed by atoms with van der Waals surface area (Å²) in [6.45, 7) is 1.29. The number of nitrogens with zero attached hydrogens (tertiary/aromatic N) is 1. The van der Waals surface area contributed by atoms with Gasteiger partial charge in [0.05, 0.1) is 32.4 Å². The molecule has 0 bridgehead atoms. The summed E-state index contributed by atoms with van der Waals surface area (Å²) in [5.74, 6) is 6.21. The summed E-state index contributed by atoms with van der Waals surface area (Å²) in [6, 6.07) is 6.47. The van der Waals surface area contributed by atoms with E-state index in [9.17, 15) is 14.7 Å². The van der Waals surface area contributed by atoms with Gasteiger partial charge in [-0.15, -0.1) is 0 Å². The summed E-state index contributed by atoms with van der Waals surface area (Å²) >= 11 is 1.11. The number of thiocyanates is 1. The lowest BCUT2D eigenvalue weighted by Crippen LogP contribution is -2.60. The van der Waals surface area contributed by atoms with Crippen LogP contribution < -0.4 is 21.1 Å². The fraction of sp³-hybridized carbons (Fsp3) is 0.593. The lowest BCUT2D eigenvalue weighted by molar-refractivity contribution is -0.222. The van der Waals surface area contributed by atoms with E-state index in [1.165, 1.54) is 43.2 Å². The Bertz CT molecular complexity index is 1130. The van der Waals surface area contributed by atoms with Crippen LogP contribution in [0.15, 0.2) is 24.3 Å². The first kappa shape index (κ1) is 39.8. The maximum Gasteiger partial charge on any atom is 0.255 e. The zero-order chi connectivity index (χ0) is 32.7. The number of aliphatic hydroxyl groups is 1. The first-order valence-electron chi connectivity index (χ1n) is 13.8. The van der Waals surface area contributed by atoms with Crippen LogP contribution in [0.5, 0.6) is 5.75 Å². The molecule has 1 aliphatic heterocycles.